The van der Waals surface area contributed by atoms with Crippen molar-refractivity contribution in [1.29, 1.82) is 0 Å². The normalized spacial score (nSPS) is 16.6. The van der Waals surface area contributed by atoms with Gasteiger partial charge in [0.15, 0.2) is 0 Å². The Labute approximate surface area is 129 Å². The Hall–Kier alpha value is -1.16. The van der Waals surface area contributed by atoms with E-state index in [9.17, 15) is 13.6 Å². The predicted octanol–water partition coefficient (Wildman–Crippen LogP) is 4.27. The Morgan fingerprint density at radius 1 is 1.43 bits per heavy atom. The van der Waals surface area contributed by atoms with Crippen molar-refractivity contribution in [2.24, 2.45) is 0 Å². The van der Waals surface area contributed by atoms with Crippen LogP contribution >= 0.6 is 11.6 Å². The number of hydrogen-bond donors (Lipinski definition) is 0. The van der Waals surface area contributed by atoms with Gasteiger partial charge in [-0.15, -0.1) is 0 Å². The molecule has 1 amide bonds. The van der Waals surface area contributed by atoms with Gasteiger partial charge in [0.05, 0.1) is 12.0 Å². The topological polar surface area (TPSA) is 20.3 Å². The third-order valence-electron chi connectivity index (χ3n) is 4.13. The van der Waals surface area contributed by atoms with Crippen LogP contribution < -0.4 is 0 Å². The maximum absolute atomic E-state index is 12.8. The van der Waals surface area contributed by atoms with Gasteiger partial charge in [0.25, 0.3) is 6.43 Å². The molecular weight excluding hydrogens is 296 g/mol. The molecule has 2 rings (SSSR count). The SMILES string of the molecule is CCCN(CC(F)F)C(=O)C1(c2cccc(Cl)c2)CCC1. The third-order valence-corrected chi connectivity index (χ3v) is 4.37. The number of nitrogens with zero attached hydrogens (tertiary/aromatic N) is 1. The molecule has 0 heterocycles. The predicted molar refractivity (Wildman–Crippen MR) is 79.9 cm³/mol. The van der Waals surface area contributed by atoms with Crippen LogP contribution in [0.5, 0.6) is 0 Å². The second-order valence-corrected chi connectivity index (χ2v) is 6.02. The van der Waals surface area contributed by atoms with Crippen LogP contribution in [0.4, 0.5) is 8.78 Å². The zero-order valence-corrected chi connectivity index (χ0v) is 12.9. The molecule has 0 spiro atoms. The van der Waals surface area contributed by atoms with Gasteiger partial charge in [0.2, 0.25) is 5.91 Å². The Morgan fingerprint density at radius 2 is 2.14 bits per heavy atom. The molecule has 1 saturated carbocycles. The lowest BCUT2D eigenvalue weighted by molar-refractivity contribution is -0.143. The lowest BCUT2D eigenvalue weighted by Gasteiger charge is -2.44. The minimum absolute atomic E-state index is 0.182. The fourth-order valence-corrected chi connectivity index (χ4v) is 3.15. The molecule has 1 fully saturated rings. The third kappa shape index (κ3) is 3.37. The molecule has 21 heavy (non-hydrogen) atoms. The second-order valence-electron chi connectivity index (χ2n) is 5.59. The Balaban J connectivity index is 2.28. The molecule has 5 heteroatoms. The highest BCUT2D eigenvalue weighted by Gasteiger charge is 2.47. The Kier molecular flexibility index (Phi) is 5.20. The number of amides is 1. The maximum Gasteiger partial charge on any atom is 0.255 e. The number of carbonyl (C=O) groups excluding carboxylic acids is 1. The zero-order chi connectivity index (χ0) is 15.5. The number of hydrogen-bond acceptors (Lipinski definition) is 1. The highest BCUT2D eigenvalue weighted by Crippen LogP contribution is 2.45. The van der Waals surface area contributed by atoms with E-state index in [0.717, 1.165) is 12.0 Å². The van der Waals surface area contributed by atoms with Crippen molar-refractivity contribution in [1.82, 2.24) is 4.90 Å². The molecule has 0 bridgehead atoms. The van der Waals surface area contributed by atoms with Crippen LogP contribution in [0.15, 0.2) is 24.3 Å². The van der Waals surface area contributed by atoms with E-state index in [1.54, 1.807) is 12.1 Å². The van der Waals surface area contributed by atoms with Crippen molar-refractivity contribution < 1.29 is 13.6 Å². The first-order valence-electron chi connectivity index (χ1n) is 7.33. The van der Waals surface area contributed by atoms with Gasteiger partial charge in [0.1, 0.15) is 0 Å². The Morgan fingerprint density at radius 3 is 2.62 bits per heavy atom. The molecule has 1 aliphatic carbocycles. The van der Waals surface area contributed by atoms with Crippen LogP contribution in [0.2, 0.25) is 5.02 Å². The summed E-state index contributed by atoms with van der Waals surface area (Å²) in [5.41, 5.74) is 0.191. The lowest BCUT2D eigenvalue weighted by atomic mass is 9.63. The summed E-state index contributed by atoms with van der Waals surface area (Å²) in [7, 11) is 0. The molecule has 0 radical (unpaired) electrons. The molecule has 0 aliphatic heterocycles. The molecule has 1 aromatic carbocycles. The molecule has 0 unspecified atom stereocenters. The number of alkyl halides is 2. The fourth-order valence-electron chi connectivity index (χ4n) is 2.96. The fraction of sp³-hybridized carbons (Fsp3) is 0.562. The van der Waals surface area contributed by atoms with Crippen molar-refractivity contribution >= 4 is 17.5 Å². The van der Waals surface area contributed by atoms with Crippen molar-refractivity contribution in [2.45, 2.75) is 44.4 Å². The summed E-state index contributed by atoms with van der Waals surface area (Å²) in [5.74, 6) is -0.182. The van der Waals surface area contributed by atoms with E-state index in [1.165, 1.54) is 4.90 Å². The van der Waals surface area contributed by atoms with Crippen LogP contribution in [-0.2, 0) is 10.2 Å². The van der Waals surface area contributed by atoms with Gasteiger partial charge in [-0.25, -0.2) is 8.78 Å². The van der Waals surface area contributed by atoms with Gasteiger partial charge in [-0.1, -0.05) is 37.1 Å². The van der Waals surface area contributed by atoms with Gasteiger partial charge in [0, 0.05) is 11.6 Å². The van der Waals surface area contributed by atoms with E-state index in [2.05, 4.69) is 0 Å². The van der Waals surface area contributed by atoms with E-state index in [0.29, 0.717) is 30.8 Å². The highest BCUT2D eigenvalue weighted by atomic mass is 35.5. The van der Waals surface area contributed by atoms with Crippen molar-refractivity contribution in [3.63, 3.8) is 0 Å². The molecule has 0 N–H and O–H groups in total. The quantitative estimate of drug-likeness (QED) is 0.768. The molecule has 0 aromatic heterocycles. The van der Waals surface area contributed by atoms with Gasteiger partial charge >= 0.3 is 0 Å². The largest absolute Gasteiger partial charge is 0.336 e. The van der Waals surface area contributed by atoms with Crippen LogP contribution in [0.25, 0.3) is 0 Å². The lowest BCUT2D eigenvalue weighted by Crippen LogP contribution is -2.52. The van der Waals surface area contributed by atoms with E-state index in [1.807, 2.05) is 19.1 Å². The van der Waals surface area contributed by atoms with Gasteiger partial charge < -0.3 is 4.90 Å². The summed E-state index contributed by atoms with van der Waals surface area (Å²) in [5, 5.41) is 0.572. The number of halogens is 3. The maximum atomic E-state index is 12.8. The van der Waals surface area contributed by atoms with E-state index >= 15 is 0 Å². The zero-order valence-electron chi connectivity index (χ0n) is 12.1. The van der Waals surface area contributed by atoms with Crippen molar-refractivity contribution in [3.8, 4) is 0 Å². The van der Waals surface area contributed by atoms with Crippen LogP contribution in [0.1, 0.15) is 38.2 Å². The first kappa shape index (κ1) is 16.2. The molecule has 2 nitrogen and oxygen atoms in total. The minimum Gasteiger partial charge on any atom is -0.336 e. The molecule has 0 saturated heterocycles. The molecule has 116 valence electrons. The summed E-state index contributed by atoms with van der Waals surface area (Å²) >= 11 is 6.02. The van der Waals surface area contributed by atoms with Crippen molar-refractivity contribution in [3.05, 3.63) is 34.9 Å². The van der Waals surface area contributed by atoms with Crippen molar-refractivity contribution in [2.75, 3.05) is 13.1 Å². The summed E-state index contributed by atoms with van der Waals surface area (Å²) < 4.78 is 25.5. The summed E-state index contributed by atoms with van der Waals surface area (Å²) in [6.07, 6.45) is 0.513. The van der Waals surface area contributed by atoms with Gasteiger partial charge in [-0.05, 0) is 37.0 Å². The molecular formula is C16H20ClF2NO. The number of benzene rings is 1. The molecule has 1 aromatic rings. The molecule has 1 aliphatic rings. The van der Waals surface area contributed by atoms with E-state index in [4.69, 9.17) is 11.6 Å². The van der Waals surface area contributed by atoms with Crippen LogP contribution in [-0.4, -0.2) is 30.3 Å². The summed E-state index contributed by atoms with van der Waals surface area (Å²) in [6, 6.07) is 7.22. The minimum atomic E-state index is -2.50. The van der Waals surface area contributed by atoms with Crippen LogP contribution in [0.3, 0.4) is 0 Å². The number of rotatable bonds is 6. The average Bonchev–Trinajstić information content (AvgIpc) is 2.36. The van der Waals surface area contributed by atoms with Crippen LogP contribution in [0, 0.1) is 0 Å². The summed E-state index contributed by atoms with van der Waals surface area (Å²) in [4.78, 5) is 14.1. The second kappa shape index (κ2) is 6.73. The number of carbonyl (C=O) groups is 1. The average molecular weight is 316 g/mol. The van der Waals surface area contributed by atoms with E-state index in [-0.39, 0.29) is 5.91 Å². The summed E-state index contributed by atoms with van der Waals surface area (Å²) in [6.45, 7) is 1.76. The monoisotopic (exact) mass is 315 g/mol. The smallest absolute Gasteiger partial charge is 0.255 e. The standard InChI is InChI=1S/C16H20ClF2NO/c1-2-9-20(11-14(18)19)15(21)16(7-4-8-16)12-5-3-6-13(17)10-12/h3,5-6,10,14H,2,4,7-9,11H2,1H3. The van der Waals surface area contributed by atoms with E-state index < -0.39 is 18.4 Å². The van der Waals surface area contributed by atoms with Gasteiger partial charge in [-0.2, -0.15) is 0 Å². The van der Waals surface area contributed by atoms with Gasteiger partial charge in [-0.3, -0.25) is 4.79 Å². The first-order valence-corrected chi connectivity index (χ1v) is 7.71. The highest BCUT2D eigenvalue weighted by molar-refractivity contribution is 6.30. The Bertz CT molecular complexity index is 503. The first-order chi connectivity index (χ1) is 9.99. The molecule has 0 atom stereocenters.